The fraction of sp³-hybridized carbons (Fsp3) is 0.150. The fourth-order valence-corrected chi connectivity index (χ4v) is 16.8. The van der Waals surface area contributed by atoms with E-state index in [1.54, 1.807) is 0 Å². The van der Waals surface area contributed by atoms with E-state index in [1.807, 2.05) is 12.1 Å². The minimum atomic E-state index is -1.20. The van der Waals surface area contributed by atoms with Crippen LogP contribution < -0.4 is 19.3 Å². The number of anilines is 6. The zero-order valence-corrected chi connectivity index (χ0v) is 48.4. The number of ether oxygens (including phenoxy) is 2. The van der Waals surface area contributed by atoms with Crippen molar-refractivity contribution in [3.05, 3.63) is 331 Å². The number of rotatable bonds is 2. The van der Waals surface area contributed by atoms with Crippen LogP contribution in [0, 0.1) is 22.7 Å². The Hall–Kier alpha value is -10.4. The average molecular weight is 1110 g/mol. The first-order chi connectivity index (χ1) is 42.1. The molecule has 0 fully saturated rings. The molecule has 6 heteroatoms. The molecule has 17 rings (SSSR count). The quantitative estimate of drug-likeness (QED) is 0.172. The van der Waals surface area contributed by atoms with E-state index in [2.05, 4.69) is 268 Å². The summed E-state index contributed by atoms with van der Waals surface area (Å²) >= 11 is 0. The van der Waals surface area contributed by atoms with Crippen LogP contribution in [0.2, 0.25) is 0 Å². The summed E-state index contributed by atoms with van der Waals surface area (Å²) < 4.78 is 14.3. The molecule has 6 aliphatic rings. The minimum absolute atomic E-state index is 0.257. The van der Waals surface area contributed by atoms with Crippen LogP contribution in [0.4, 0.5) is 34.1 Å². The van der Waals surface area contributed by atoms with Gasteiger partial charge in [0, 0.05) is 44.5 Å². The number of hydrogen-bond acceptors (Lipinski definition) is 6. The maximum atomic E-state index is 12.5. The molecule has 0 aromatic heterocycles. The Morgan fingerprint density at radius 1 is 0.326 bits per heavy atom. The highest BCUT2D eigenvalue weighted by atomic mass is 16.5. The summed E-state index contributed by atoms with van der Waals surface area (Å²) in [5.41, 5.74) is 21.8. The first-order valence-electron chi connectivity index (χ1n) is 30.1. The SMILES string of the molecule is CC1(C)c2ccccc2N(c2ccc3c(c2)C2(c4ccccc4Oc4ccccc42)c2c(C#N)c(C#N)c4c(c2CC3)C2(c3cc(N5c6ccccc6C(C)(C)c6ccccc65)ccc3CC4)c3ccccc3Oc3ccccc32)c2ccccc21. The zero-order valence-electron chi connectivity index (χ0n) is 48.4. The number of fused-ring (bicyclic) bond motifs is 21. The summed E-state index contributed by atoms with van der Waals surface area (Å²) in [6.07, 6.45) is 2.40. The standard InChI is InChI=1S/C80H58N4O2/c1-77(2)57-21-5-13-29-67(57)83(68-30-14-6-22-58(68)77)51-41-37-49-39-43-53-55(47-81)56(48-82)76-54(75(53)79(65(49)45-51)61-25-9-17-33-71(61)85-72-34-18-10-26-62(72)79)44-40-50-38-42-52(84-69-31-15-7-23-59(69)78(3,4)60-24-8-16-32-70(60)84)46-66(50)80(76)63-27-11-19-35-73(63)86-74-36-20-12-28-64(74)80/h5-38,41-42,45-46H,39-40,43-44H2,1-4H3. The van der Waals surface area contributed by atoms with Crippen LogP contribution in [0.15, 0.2) is 231 Å². The van der Waals surface area contributed by atoms with E-state index in [0.717, 1.165) is 107 Å². The molecular formula is C80H58N4O2. The molecule has 0 radical (unpaired) electrons. The predicted molar refractivity (Wildman–Crippen MR) is 341 cm³/mol. The van der Waals surface area contributed by atoms with Crippen molar-refractivity contribution in [2.45, 2.75) is 75.0 Å². The van der Waals surface area contributed by atoms with Crippen molar-refractivity contribution >= 4 is 34.1 Å². The second kappa shape index (κ2) is 18.1. The van der Waals surface area contributed by atoms with E-state index < -0.39 is 10.8 Å². The van der Waals surface area contributed by atoms with Gasteiger partial charge in [0.05, 0.1) is 44.7 Å². The highest BCUT2D eigenvalue weighted by molar-refractivity contribution is 5.90. The molecule has 11 aromatic rings. The number of nitrogens with zero attached hydrogens (tertiary/aromatic N) is 4. The highest BCUT2D eigenvalue weighted by Crippen LogP contribution is 2.66. The number of nitriles is 2. The number of aryl methyl sites for hydroxylation is 2. The molecule has 2 spiro atoms. The van der Waals surface area contributed by atoms with Crippen LogP contribution in [0.5, 0.6) is 23.0 Å². The molecule has 0 N–H and O–H groups in total. The van der Waals surface area contributed by atoms with Gasteiger partial charge in [-0.05, 0) is 165 Å². The van der Waals surface area contributed by atoms with Crippen molar-refractivity contribution in [2.24, 2.45) is 0 Å². The van der Waals surface area contributed by atoms with Gasteiger partial charge in [-0.2, -0.15) is 10.5 Å². The highest BCUT2D eigenvalue weighted by Gasteiger charge is 2.56. The molecular weight excluding hydrogens is 1050 g/mol. The summed E-state index contributed by atoms with van der Waals surface area (Å²) in [5, 5.41) is 24.8. The van der Waals surface area contributed by atoms with Gasteiger partial charge in [0.1, 0.15) is 35.1 Å². The Bertz CT molecular complexity index is 4670. The molecule has 0 atom stereocenters. The molecule has 4 aliphatic heterocycles. The largest absolute Gasteiger partial charge is 0.457 e. The lowest BCUT2D eigenvalue weighted by Crippen LogP contribution is -2.40. The Kier molecular flexibility index (Phi) is 10.5. The Morgan fingerprint density at radius 3 is 1.00 bits per heavy atom. The van der Waals surface area contributed by atoms with E-state index >= 15 is 0 Å². The number of para-hydroxylation sites is 8. The molecule has 6 nitrogen and oxygen atoms in total. The van der Waals surface area contributed by atoms with Gasteiger partial charge in [-0.3, -0.25) is 0 Å². The fourth-order valence-electron chi connectivity index (χ4n) is 16.8. The predicted octanol–water partition coefficient (Wildman–Crippen LogP) is 18.8. The van der Waals surface area contributed by atoms with Crippen LogP contribution in [0.3, 0.4) is 0 Å². The van der Waals surface area contributed by atoms with Gasteiger partial charge in [-0.15, -0.1) is 0 Å². The van der Waals surface area contributed by atoms with Gasteiger partial charge in [0.15, 0.2) is 0 Å². The molecule has 11 aromatic carbocycles. The second-order valence-electron chi connectivity index (χ2n) is 25.0. The van der Waals surface area contributed by atoms with Crippen LogP contribution in [-0.4, -0.2) is 0 Å². The van der Waals surface area contributed by atoms with Crippen molar-refractivity contribution in [3.63, 3.8) is 0 Å². The summed E-state index contributed by atoms with van der Waals surface area (Å²) in [6, 6.07) is 89.3. The molecule has 2 aliphatic carbocycles. The lowest BCUT2D eigenvalue weighted by molar-refractivity contribution is 0.431. The smallest absolute Gasteiger partial charge is 0.132 e. The summed E-state index contributed by atoms with van der Waals surface area (Å²) in [6.45, 7) is 9.32. The van der Waals surface area contributed by atoms with Crippen molar-refractivity contribution in [3.8, 4) is 35.1 Å². The number of benzene rings is 11. The van der Waals surface area contributed by atoms with Crippen molar-refractivity contribution in [1.82, 2.24) is 0 Å². The van der Waals surface area contributed by atoms with Gasteiger partial charge in [0.2, 0.25) is 0 Å². The molecule has 0 unspecified atom stereocenters. The third kappa shape index (κ3) is 6.43. The molecule has 410 valence electrons. The average Bonchev–Trinajstić information content (AvgIpc) is 1.20. The third-order valence-corrected chi connectivity index (χ3v) is 20.4. The second-order valence-corrected chi connectivity index (χ2v) is 25.0. The Labute approximate surface area is 502 Å². The van der Waals surface area contributed by atoms with Gasteiger partial charge in [-0.1, -0.05) is 185 Å². The lowest BCUT2D eigenvalue weighted by Gasteiger charge is -2.47. The minimum Gasteiger partial charge on any atom is -0.457 e. The lowest BCUT2D eigenvalue weighted by atomic mass is 9.56. The van der Waals surface area contributed by atoms with E-state index in [1.165, 1.54) is 27.8 Å². The van der Waals surface area contributed by atoms with Crippen molar-refractivity contribution in [1.29, 1.82) is 10.5 Å². The van der Waals surface area contributed by atoms with E-state index in [0.29, 0.717) is 48.3 Å². The number of hydrogen-bond donors (Lipinski definition) is 0. The van der Waals surface area contributed by atoms with Crippen molar-refractivity contribution in [2.75, 3.05) is 9.80 Å². The first-order valence-corrected chi connectivity index (χ1v) is 30.1. The molecule has 0 amide bonds. The topological polar surface area (TPSA) is 72.5 Å². The molecule has 0 saturated carbocycles. The van der Waals surface area contributed by atoms with Crippen molar-refractivity contribution < 1.29 is 9.47 Å². The summed E-state index contributed by atoms with van der Waals surface area (Å²) in [7, 11) is 0. The van der Waals surface area contributed by atoms with E-state index in [9.17, 15) is 10.5 Å². The molecule has 0 saturated heterocycles. The van der Waals surface area contributed by atoms with Gasteiger partial charge >= 0.3 is 0 Å². The van der Waals surface area contributed by atoms with Gasteiger partial charge in [-0.25, -0.2) is 0 Å². The Balaban J connectivity index is 1.03. The van der Waals surface area contributed by atoms with Crippen LogP contribution in [-0.2, 0) is 47.3 Å². The molecule has 4 heterocycles. The third-order valence-electron chi connectivity index (χ3n) is 20.4. The maximum Gasteiger partial charge on any atom is 0.132 e. The van der Waals surface area contributed by atoms with Gasteiger partial charge in [0.25, 0.3) is 0 Å². The zero-order chi connectivity index (χ0) is 57.8. The maximum absolute atomic E-state index is 12.5. The van der Waals surface area contributed by atoms with Crippen LogP contribution in [0.25, 0.3) is 0 Å². The van der Waals surface area contributed by atoms with Crippen LogP contribution >= 0.6 is 0 Å². The molecule has 86 heavy (non-hydrogen) atoms. The monoisotopic (exact) mass is 1110 g/mol. The summed E-state index contributed by atoms with van der Waals surface area (Å²) in [4.78, 5) is 4.90. The van der Waals surface area contributed by atoms with E-state index in [-0.39, 0.29) is 10.8 Å². The van der Waals surface area contributed by atoms with Gasteiger partial charge < -0.3 is 19.3 Å². The summed E-state index contributed by atoms with van der Waals surface area (Å²) in [5.74, 6) is 2.93. The van der Waals surface area contributed by atoms with E-state index in [4.69, 9.17) is 9.47 Å². The van der Waals surface area contributed by atoms with Crippen LogP contribution in [0.1, 0.15) is 128 Å². The first kappa shape index (κ1) is 50.1. The Morgan fingerprint density at radius 2 is 0.640 bits per heavy atom. The normalized spacial score (nSPS) is 16.4. The molecule has 0 bridgehead atoms.